The number of anilines is 1. The Morgan fingerprint density at radius 2 is 1.83 bits per heavy atom. The molecule has 0 aromatic heterocycles. The quantitative estimate of drug-likeness (QED) is 0.851. The molecule has 6 heteroatoms. The Bertz CT molecular complexity index is 713. The van der Waals surface area contributed by atoms with Gasteiger partial charge in [0.05, 0.1) is 12.7 Å². The van der Waals surface area contributed by atoms with Crippen LogP contribution in [0.25, 0.3) is 0 Å². The summed E-state index contributed by atoms with van der Waals surface area (Å²) in [6.45, 7) is 1.73. The van der Waals surface area contributed by atoms with Crippen molar-refractivity contribution in [3.63, 3.8) is 0 Å². The van der Waals surface area contributed by atoms with Gasteiger partial charge in [0.25, 0.3) is 5.91 Å². The second-order valence-electron chi connectivity index (χ2n) is 4.82. The van der Waals surface area contributed by atoms with Crippen molar-refractivity contribution in [3.8, 4) is 5.75 Å². The number of ether oxygens (including phenoxy) is 2. The lowest BCUT2D eigenvalue weighted by Crippen LogP contribution is -2.20. The maximum atomic E-state index is 11.9. The Labute approximate surface area is 139 Å². The summed E-state index contributed by atoms with van der Waals surface area (Å²) in [6.07, 6.45) is 0. The highest BCUT2D eigenvalue weighted by atomic mass is 35.5. The van der Waals surface area contributed by atoms with Gasteiger partial charge in [-0.2, -0.15) is 0 Å². The fourth-order valence-corrected chi connectivity index (χ4v) is 2.00. The molecular weight excluding hydrogens is 318 g/mol. The number of halogens is 1. The third-order valence-corrected chi connectivity index (χ3v) is 3.51. The molecule has 0 atom stereocenters. The van der Waals surface area contributed by atoms with Gasteiger partial charge in [0.15, 0.2) is 6.61 Å². The molecule has 1 N–H and O–H groups in total. The van der Waals surface area contributed by atoms with Crippen molar-refractivity contribution in [2.45, 2.75) is 6.92 Å². The van der Waals surface area contributed by atoms with Crippen LogP contribution in [0.15, 0.2) is 42.5 Å². The number of benzene rings is 2. The molecule has 0 unspecified atom stereocenters. The summed E-state index contributed by atoms with van der Waals surface area (Å²) in [7, 11) is 1.31. The van der Waals surface area contributed by atoms with Crippen LogP contribution >= 0.6 is 11.6 Å². The van der Waals surface area contributed by atoms with E-state index in [2.05, 4.69) is 10.1 Å². The highest BCUT2D eigenvalue weighted by Crippen LogP contribution is 2.20. The third-order valence-electron chi connectivity index (χ3n) is 3.10. The van der Waals surface area contributed by atoms with Gasteiger partial charge in [-0.3, -0.25) is 4.79 Å². The lowest BCUT2D eigenvalue weighted by Gasteiger charge is -2.09. The zero-order chi connectivity index (χ0) is 16.8. The van der Waals surface area contributed by atoms with Crippen LogP contribution in [-0.4, -0.2) is 25.6 Å². The van der Waals surface area contributed by atoms with E-state index in [0.29, 0.717) is 22.0 Å². The van der Waals surface area contributed by atoms with Gasteiger partial charge in [-0.15, -0.1) is 0 Å². The number of nitrogens with one attached hydrogen (secondary N) is 1. The summed E-state index contributed by atoms with van der Waals surface area (Å²) in [6, 6.07) is 11.6. The fraction of sp³-hybridized carbons (Fsp3) is 0.176. The minimum Gasteiger partial charge on any atom is -0.484 e. The molecule has 2 aromatic rings. The van der Waals surface area contributed by atoms with E-state index < -0.39 is 5.97 Å². The van der Waals surface area contributed by atoms with Crippen LogP contribution in [0, 0.1) is 6.92 Å². The normalized spacial score (nSPS) is 10.0. The topological polar surface area (TPSA) is 64.6 Å². The molecule has 2 aromatic carbocycles. The summed E-state index contributed by atoms with van der Waals surface area (Å²) in [4.78, 5) is 23.2. The van der Waals surface area contributed by atoms with Crippen LogP contribution in [0.4, 0.5) is 5.69 Å². The summed E-state index contributed by atoms with van der Waals surface area (Å²) in [5, 5.41) is 3.28. The highest BCUT2D eigenvalue weighted by Gasteiger charge is 2.07. The number of carbonyl (C=O) groups excluding carboxylic acids is 2. The second kappa shape index (κ2) is 7.65. The van der Waals surface area contributed by atoms with Crippen molar-refractivity contribution < 1.29 is 19.1 Å². The van der Waals surface area contributed by atoms with E-state index in [1.54, 1.807) is 36.4 Å². The second-order valence-corrected chi connectivity index (χ2v) is 5.22. The third kappa shape index (κ3) is 4.72. The largest absolute Gasteiger partial charge is 0.484 e. The van der Waals surface area contributed by atoms with E-state index in [1.165, 1.54) is 7.11 Å². The molecule has 0 aliphatic rings. The molecule has 1 amide bonds. The summed E-state index contributed by atoms with van der Waals surface area (Å²) in [5.74, 6) is -0.248. The Morgan fingerprint density at radius 3 is 2.43 bits per heavy atom. The summed E-state index contributed by atoms with van der Waals surface area (Å²) >= 11 is 6.00. The first-order chi connectivity index (χ1) is 11.0. The van der Waals surface area contributed by atoms with Gasteiger partial charge in [0.1, 0.15) is 5.75 Å². The van der Waals surface area contributed by atoms with Gasteiger partial charge < -0.3 is 14.8 Å². The molecule has 0 heterocycles. The molecule has 2 rings (SSSR count). The molecule has 0 aliphatic carbocycles. The SMILES string of the molecule is COC(=O)c1ccc(OCC(=O)Nc2ccc(C)c(Cl)c2)cc1. The minimum absolute atomic E-state index is 0.150. The number of amides is 1. The van der Waals surface area contributed by atoms with Gasteiger partial charge in [0.2, 0.25) is 0 Å². The number of rotatable bonds is 5. The average molecular weight is 334 g/mol. The molecule has 23 heavy (non-hydrogen) atoms. The maximum Gasteiger partial charge on any atom is 0.337 e. The molecule has 0 radical (unpaired) electrons. The van der Waals surface area contributed by atoms with Crippen molar-refractivity contribution >= 4 is 29.2 Å². The first-order valence-electron chi connectivity index (χ1n) is 6.87. The lowest BCUT2D eigenvalue weighted by molar-refractivity contribution is -0.118. The summed E-state index contributed by atoms with van der Waals surface area (Å²) < 4.78 is 9.97. The molecule has 0 spiro atoms. The van der Waals surface area contributed by atoms with Crippen LogP contribution in [0.3, 0.4) is 0 Å². The van der Waals surface area contributed by atoms with Crippen molar-refractivity contribution in [2.24, 2.45) is 0 Å². The molecule has 0 saturated heterocycles. The number of aryl methyl sites for hydroxylation is 1. The molecule has 120 valence electrons. The number of methoxy groups -OCH3 is 1. The first kappa shape index (κ1) is 16.8. The van der Waals surface area contributed by atoms with Gasteiger partial charge in [-0.25, -0.2) is 4.79 Å². The van der Waals surface area contributed by atoms with E-state index in [-0.39, 0.29) is 12.5 Å². The van der Waals surface area contributed by atoms with E-state index >= 15 is 0 Å². The molecule has 0 aliphatic heterocycles. The van der Waals surface area contributed by atoms with Gasteiger partial charge in [-0.05, 0) is 48.9 Å². The Kier molecular flexibility index (Phi) is 5.60. The minimum atomic E-state index is -0.425. The molecule has 5 nitrogen and oxygen atoms in total. The zero-order valence-corrected chi connectivity index (χ0v) is 13.5. The predicted octanol–water partition coefficient (Wildman–Crippen LogP) is 3.45. The van der Waals surface area contributed by atoms with Crippen LogP contribution in [0.1, 0.15) is 15.9 Å². The predicted molar refractivity (Wildman–Crippen MR) is 88.1 cm³/mol. The van der Waals surface area contributed by atoms with Crippen LogP contribution in [0.2, 0.25) is 5.02 Å². The molecular formula is C17H16ClNO4. The van der Waals surface area contributed by atoms with Crippen LogP contribution < -0.4 is 10.1 Å². The van der Waals surface area contributed by atoms with Crippen LogP contribution in [-0.2, 0) is 9.53 Å². The van der Waals surface area contributed by atoms with Crippen molar-refractivity contribution in [1.82, 2.24) is 0 Å². The first-order valence-corrected chi connectivity index (χ1v) is 7.24. The summed E-state index contributed by atoms with van der Waals surface area (Å²) in [5.41, 5.74) is 1.96. The van der Waals surface area contributed by atoms with E-state index in [4.69, 9.17) is 16.3 Å². The average Bonchev–Trinajstić information content (AvgIpc) is 2.56. The van der Waals surface area contributed by atoms with Gasteiger partial charge >= 0.3 is 5.97 Å². The Hall–Kier alpha value is -2.53. The molecule has 0 fully saturated rings. The Morgan fingerprint density at radius 1 is 1.13 bits per heavy atom. The van der Waals surface area contributed by atoms with Gasteiger partial charge in [0, 0.05) is 10.7 Å². The molecule has 0 saturated carbocycles. The number of esters is 1. The van der Waals surface area contributed by atoms with Crippen molar-refractivity contribution in [3.05, 3.63) is 58.6 Å². The van der Waals surface area contributed by atoms with Crippen molar-refractivity contribution in [1.29, 1.82) is 0 Å². The maximum absolute atomic E-state index is 11.9. The number of hydrogen-bond donors (Lipinski definition) is 1. The highest BCUT2D eigenvalue weighted by molar-refractivity contribution is 6.31. The number of carbonyl (C=O) groups is 2. The van der Waals surface area contributed by atoms with E-state index in [9.17, 15) is 9.59 Å². The smallest absolute Gasteiger partial charge is 0.337 e. The van der Waals surface area contributed by atoms with Gasteiger partial charge in [-0.1, -0.05) is 17.7 Å². The lowest BCUT2D eigenvalue weighted by atomic mass is 10.2. The zero-order valence-electron chi connectivity index (χ0n) is 12.8. The van der Waals surface area contributed by atoms with Crippen LogP contribution in [0.5, 0.6) is 5.75 Å². The number of hydrogen-bond acceptors (Lipinski definition) is 4. The van der Waals surface area contributed by atoms with Crippen molar-refractivity contribution in [2.75, 3.05) is 19.0 Å². The monoisotopic (exact) mass is 333 g/mol. The van der Waals surface area contributed by atoms with E-state index in [1.807, 2.05) is 13.0 Å². The molecule has 0 bridgehead atoms. The standard InChI is InChI=1S/C17H16ClNO4/c1-11-3-6-13(9-15(11)18)19-16(20)10-23-14-7-4-12(5-8-14)17(21)22-2/h3-9H,10H2,1-2H3,(H,19,20). The van der Waals surface area contributed by atoms with E-state index in [0.717, 1.165) is 5.56 Å². The Balaban J connectivity index is 1.88. The fourth-order valence-electron chi connectivity index (χ4n) is 1.82.